The van der Waals surface area contributed by atoms with Crippen LogP contribution in [-0.4, -0.2) is 25.5 Å². The molecule has 0 aliphatic carbocycles. The monoisotopic (exact) mass is 321 g/mol. The summed E-state index contributed by atoms with van der Waals surface area (Å²) in [6.45, 7) is 2.62. The van der Waals surface area contributed by atoms with Crippen LogP contribution in [0.25, 0.3) is 0 Å². The van der Waals surface area contributed by atoms with Crippen LogP contribution in [0.3, 0.4) is 0 Å². The molecule has 2 aromatic heterocycles. The van der Waals surface area contributed by atoms with Crippen LogP contribution in [0.5, 0.6) is 0 Å². The first-order chi connectivity index (χ1) is 11.6. The van der Waals surface area contributed by atoms with E-state index >= 15 is 0 Å². The fraction of sp³-hybridized carbons (Fsp3) is 0.278. The zero-order valence-electron chi connectivity index (χ0n) is 13.7. The minimum absolute atomic E-state index is 0.00646. The Bertz CT molecular complexity index is 894. The van der Waals surface area contributed by atoms with Gasteiger partial charge in [0, 0.05) is 36.7 Å². The zero-order chi connectivity index (χ0) is 16.7. The van der Waals surface area contributed by atoms with Crippen LogP contribution in [0.2, 0.25) is 0 Å². The van der Waals surface area contributed by atoms with Gasteiger partial charge in [0.05, 0.1) is 18.4 Å². The van der Waals surface area contributed by atoms with E-state index in [-0.39, 0.29) is 11.8 Å². The molecule has 1 N–H and O–H groups in total. The Labute approximate surface area is 140 Å². The van der Waals surface area contributed by atoms with Gasteiger partial charge in [-0.1, -0.05) is 30.3 Å². The number of fused-ring (bicyclic) bond motifs is 1. The lowest BCUT2D eigenvalue weighted by molar-refractivity contribution is -0.116. The van der Waals surface area contributed by atoms with Crippen LogP contribution in [0.15, 0.2) is 42.7 Å². The molecular weight excluding hydrogens is 302 g/mol. The van der Waals surface area contributed by atoms with Crippen molar-refractivity contribution < 1.29 is 4.79 Å². The van der Waals surface area contributed by atoms with Gasteiger partial charge in [-0.25, -0.2) is 4.68 Å². The lowest BCUT2D eigenvalue weighted by atomic mass is 9.88. The first-order valence-corrected chi connectivity index (χ1v) is 8.01. The molecule has 0 fully saturated rings. The molecule has 122 valence electrons. The summed E-state index contributed by atoms with van der Waals surface area (Å²) in [6, 6.07) is 10.1. The SMILES string of the molecule is Cc1nn(C)cc1[C@@H]1CC(=O)Nc2c1cnn2Cc1ccccc1. The third kappa shape index (κ3) is 2.50. The molecule has 6 heteroatoms. The Morgan fingerprint density at radius 3 is 2.75 bits per heavy atom. The van der Waals surface area contributed by atoms with Crippen molar-refractivity contribution in [2.24, 2.45) is 7.05 Å². The second kappa shape index (κ2) is 5.63. The molecule has 3 heterocycles. The number of amides is 1. The van der Waals surface area contributed by atoms with Gasteiger partial charge in [0.2, 0.25) is 5.91 Å². The fourth-order valence-electron chi connectivity index (χ4n) is 3.38. The van der Waals surface area contributed by atoms with E-state index in [9.17, 15) is 4.79 Å². The number of rotatable bonds is 3. The van der Waals surface area contributed by atoms with E-state index in [1.165, 1.54) is 0 Å². The summed E-state index contributed by atoms with van der Waals surface area (Å²) in [7, 11) is 1.90. The van der Waals surface area contributed by atoms with E-state index < -0.39 is 0 Å². The molecule has 4 rings (SSSR count). The number of hydrogen-bond donors (Lipinski definition) is 1. The molecule has 0 saturated heterocycles. The Morgan fingerprint density at radius 1 is 1.25 bits per heavy atom. The predicted octanol–water partition coefficient (Wildman–Crippen LogP) is 2.45. The van der Waals surface area contributed by atoms with E-state index in [0.717, 1.165) is 28.2 Å². The average Bonchev–Trinajstić information content (AvgIpc) is 3.11. The van der Waals surface area contributed by atoms with Gasteiger partial charge in [0.15, 0.2) is 0 Å². The molecular formula is C18H19N5O. The summed E-state index contributed by atoms with van der Waals surface area (Å²) in [5.74, 6) is 0.820. The molecule has 0 spiro atoms. The number of carbonyl (C=O) groups is 1. The van der Waals surface area contributed by atoms with Crippen LogP contribution in [0, 0.1) is 6.92 Å². The summed E-state index contributed by atoms with van der Waals surface area (Å²) in [5.41, 5.74) is 4.26. The molecule has 1 atom stereocenters. The van der Waals surface area contributed by atoms with Crippen LogP contribution in [-0.2, 0) is 18.4 Å². The highest BCUT2D eigenvalue weighted by atomic mass is 16.1. The molecule has 0 bridgehead atoms. The molecule has 3 aromatic rings. The van der Waals surface area contributed by atoms with E-state index in [1.54, 1.807) is 4.68 Å². The van der Waals surface area contributed by atoms with Crippen molar-refractivity contribution in [3.05, 3.63) is 65.1 Å². The third-order valence-electron chi connectivity index (χ3n) is 4.49. The number of anilines is 1. The molecule has 0 saturated carbocycles. The predicted molar refractivity (Wildman–Crippen MR) is 90.8 cm³/mol. The number of benzene rings is 1. The molecule has 24 heavy (non-hydrogen) atoms. The maximum Gasteiger partial charge on any atom is 0.226 e. The Balaban J connectivity index is 1.73. The highest BCUT2D eigenvalue weighted by molar-refractivity contribution is 5.94. The normalized spacial score (nSPS) is 16.8. The molecule has 0 radical (unpaired) electrons. The molecule has 0 unspecified atom stereocenters. The molecule has 1 amide bonds. The van der Waals surface area contributed by atoms with Crippen molar-refractivity contribution in [1.29, 1.82) is 0 Å². The quantitative estimate of drug-likeness (QED) is 0.806. The molecule has 1 aromatic carbocycles. The highest BCUT2D eigenvalue weighted by Gasteiger charge is 2.31. The van der Waals surface area contributed by atoms with Gasteiger partial charge in [-0.3, -0.25) is 9.48 Å². The maximum atomic E-state index is 12.3. The van der Waals surface area contributed by atoms with E-state index in [1.807, 2.05) is 49.2 Å². The number of aryl methyl sites for hydroxylation is 2. The van der Waals surface area contributed by atoms with Crippen molar-refractivity contribution in [3.8, 4) is 0 Å². The topological polar surface area (TPSA) is 64.7 Å². The van der Waals surface area contributed by atoms with Gasteiger partial charge in [-0.05, 0) is 12.5 Å². The lowest BCUT2D eigenvalue weighted by Gasteiger charge is -2.23. The van der Waals surface area contributed by atoms with Crippen molar-refractivity contribution in [3.63, 3.8) is 0 Å². The smallest absolute Gasteiger partial charge is 0.226 e. The Kier molecular flexibility index (Phi) is 3.45. The molecule has 6 nitrogen and oxygen atoms in total. The Hall–Kier alpha value is -2.89. The van der Waals surface area contributed by atoms with E-state index in [4.69, 9.17) is 0 Å². The van der Waals surface area contributed by atoms with Gasteiger partial charge >= 0.3 is 0 Å². The van der Waals surface area contributed by atoms with Gasteiger partial charge in [0.1, 0.15) is 5.82 Å². The van der Waals surface area contributed by atoms with Crippen LogP contribution in [0.4, 0.5) is 5.82 Å². The van der Waals surface area contributed by atoms with Crippen LogP contribution in [0.1, 0.15) is 34.7 Å². The molecule has 1 aliphatic rings. The highest BCUT2D eigenvalue weighted by Crippen LogP contribution is 2.38. The number of carbonyl (C=O) groups excluding carboxylic acids is 1. The first-order valence-electron chi connectivity index (χ1n) is 8.01. The summed E-state index contributed by atoms with van der Waals surface area (Å²) >= 11 is 0. The largest absolute Gasteiger partial charge is 0.311 e. The molecule has 1 aliphatic heterocycles. The van der Waals surface area contributed by atoms with Crippen LogP contribution >= 0.6 is 0 Å². The third-order valence-corrected chi connectivity index (χ3v) is 4.49. The van der Waals surface area contributed by atoms with Crippen molar-refractivity contribution in [2.45, 2.75) is 25.8 Å². The summed E-state index contributed by atoms with van der Waals surface area (Å²) in [4.78, 5) is 12.3. The summed E-state index contributed by atoms with van der Waals surface area (Å²) in [6.07, 6.45) is 4.29. The first kappa shape index (κ1) is 14.7. The fourth-order valence-corrected chi connectivity index (χ4v) is 3.38. The van der Waals surface area contributed by atoms with E-state index in [2.05, 4.69) is 27.6 Å². The van der Waals surface area contributed by atoms with Gasteiger partial charge in [0.25, 0.3) is 0 Å². The minimum atomic E-state index is 0.00646. The summed E-state index contributed by atoms with van der Waals surface area (Å²) in [5, 5.41) is 11.9. The second-order valence-electron chi connectivity index (χ2n) is 6.24. The Morgan fingerprint density at radius 2 is 2.04 bits per heavy atom. The van der Waals surface area contributed by atoms with Crippen molar-refractivity contribution in [1.82, 2.24) is 19.6 Å². The number of hydrogen-bond acceptors (Lipinski definition) is 3. The number of nitrogens with one attached hydrogen (secondary N) is 1. The van der Waals surface area contributed by atoms with E-state index in [0.29, 0.717) is 13.0 Å². The summed E-state index contributed by atoms with van der Waals surface area (Å²) < 4.78 is 3.66. The van der Waals surface area contributed by atoms with Crippen molar-refractivity contribution in [2.75, 3.05) is 5.32 Å². The van der Waals surface area contributed by atoms with Gasteiger partial charge in [-0.15, -0.1) is 0 Å². The number of aromatic nitrogens is 4. The standard InChI is InChI=1S/C18H19N5O/c1-12-16(11-22(2)21-12)14-8-17(24)20-18-15(14)9-19-23(18)10-13-6-4-3-5-7-13/h3-7,9,11,14H,8,10H2,1-2H3,(H,20,24)/t14-/m1/s1. The van der Waals surface area contributed by atoms with Crippen LogP contribution < -0.4 is 5.32 Å². The van der Waals surface area contributed by atoms with Gasteiger partial charge in [-0.2, -0.15) is 10.2 Å². The van der Waals surface area contributed by atoms with Gasteiger partial charge < -0.3 is 5.32 Å². The number of nitrogens with zero attached hydrogens (tertiary/aromatic N) is 4. The zero-order valence-corrected chi connectivity index (χ0v) is 13.7. The van der Waals surface area contributed by atoms with Crippen molar-refractivity contribution >= 4 is 11.7 Å². The lowest BCUT2D eigenvalue weighted by Crippen LogP contribution is -2.25. The average molecular weight is 321 g/mol. The minimum Gasteiger partial charge on any atom is -0.311 e. The second-order valence-corrected chi connectivity index (χ2v) is 6.24. The maximum absolute atomic E-state index is 12.3.